The van der Waals surface area contributed by atoms with Crippen molar-refractivity contribution in [2.45, 2.75) is 65.0 Å². The Kier molecular flexibility index (Phi) is 10.6. The van der Waals surface area contributed by atoms with Crippen molar-refractivity contribution in [3.63, 3.8) is 0 Å². The average Bonchev–Trinajstić information content (AvgIpc) is 3.44. The number of carbonyl (C=O) groups is 1. The predicted molar refractivity (Wildman–Crippen MR) is 159 cm³/mol. The number of furan rings is 1. The Morgan fingerprint density at radius 3 is 2.15 bits per heavy atom. The van der Waals surface area contributed by atoms with Gasteiger partial charge in [0.2, 0.25) is 5.76 Å². The number of hydrogen-bond donors (Lipinski definition) is 1. The van der Waals surface area contributed by atoms with Crippen LogP contribution >= 0.6 is 0 Å². The van der Waals surface area contributed by atoms with Gasteiger partial charge in [-0.15, -0.1) is 0 Å². The minimum absolute atomic E-state index is 0.0342. The summed E-state index contributed by atoms with van der Waals surface area (Å²) < 4.78 is 90.3. The van der Waals surface area contributed by atoms with Crippen LogP contribution in [0.3, 0.4) is 0 Å². The quantitative estimate of drug-likeness (QED) is 0.147. The lowest BCUT2D eigenvalue weighted by Gasteiger charge is -2.23. The van der Waals surface area contributed by atoms with Crippen molar-refractivity contribution >= 4 is 15.8 Å². The molecule has 2 aromatic heterocycles. The fraction of sp³-hybridized carbons (Fsp3) is 0.344. The number of sulfone groups is 1. The molecule has 0 fully saturated rings. The lowest BCUT2D eigenvalue weighted by Crippen LogP contribution is -2.24. The van der Waals surface area contributed by atoms with Gasteiger partial charge in [0.05, 0.1) is 24.7 Å². The van der Waals surface area contributed by atoms with Crippen LogP contribution in [0.5, 0.6) is 0 Å². The summed E-state index contributed by atoms with van der Waals surface area (Å²) in [6.45, 7) is 6.64. The van der Waals surface area contributed by atoms with E-state index in [1.165, 1.54) is 19.1 Å². The Morgan fingerprint density at radius 2 is 1.59 bits per heavy atom. The number of aliphatic hydroxyl groups is 1. The molecule has 0 amide bonds. The third-order valence-corrected chi connectivity index (χ3v) is 8.84. The zero-order valence-electron chi connectivity index (χ0n) is 25.6. The highest BCUT2D eigenvalue weighted by molar-refractivity contribution is 7.92. The van der Waals surface area contributed by atoms with Gasteiger partial charge in [0.25, 0.3) is 0 Å². The molecule has 46 heavy (non-hydrogen) atoms. The number of alkyl halides is 3. The Bertz CT molecular complexity index is 1800. The van der Waals surface area contributed by atoms with E-state index in [2.05, 4.69) is 9.97 Å². The average molecular weight is 664 g/mol. The standard InChI is InChI=1S/C32H33F4N3O6S/c1-5-44-31(41)18-46(42,43)29-13-24(12-28(33)27(29)17-40)23-8-6-22(7-9-23)14-39(15-25-10-11-30(45-25)32(34,35)36)16-26-19(2)37-21(4)38-20(26)3/h6-13,40H,5,14-18H2,1-4H3. The second-order valence-electron chi connectivity index (χ2n) is 10.7. The first-order chi connectivity index (χ1) is 21.6. The third-order valence-electron chi connectivity index (χ3n) is 7.19. The van der Waals surface area contributed by atoms with Crippen LogP contribution < -0.4 is 0 Å². The number of carbonyl (C=O) groups excluding carboxylic acids is 1. The van der Waals surface area contributed by atoms with Crippen molar-refractivity contribution in [3.8, 4) is 11.1 Å². The largest absolute Gasteiger partial charge is 0.465 e. The van der Waals surface area contributed by atoms with Gasteiger partial charge in [-0.05, 0) is 68.7 Å². The monoisotopic (exact) mass is 663 g/mol. The van der Waals surface area contributed by atoms with Gasteiger partial charge in [-0.3, -0.25) is 9.69 Å². The molecule has 9 nitrogen and oxygen atoms in total. The van der Waals surface area contributed by atoms with Crippen molar-refractivity contribution in [1.82, 2.24) is 14.9 Å². The van der Waals surface area contributed by atoms with Gasteiger partial charge in [-0.2, -0.15) is 13.2 Å². The molecule has 4 aromatic rings. The number of rotatable bonds is 12. The summed E-state index contributed by atoms with van der Waals surface area (Å²) in [5.74, 6) is -3.36. The predicted octanol–water partition coefficient (Wildman–Crippen LogP) is 5.85. The maximum Gasteiger partial charge on any atom is 0.449 e. The van der Waals surface area contributed by atoms with Gasteiger partial charge in [0.1, 0.15) is 17.4 Å². The Balaban J connectivity index is 1.64. The second-order valence-corrected chi connectivity index (χ2v) is 12.6. The molecule has 0 bridgehead atoms. The molecule has 1 N–H and O–H groups in total. The molecule has 0 radical (unpaired) electrons. The Hall–Kier alpha value is -4.14. The molecule has 0 spiro atoms. The van der Waals surface area contributed by atoms with E-state index in [4.69, 9.17) is 9.15 Å². The molecule has 0 unspecified atom stereocenters. The topological polar surface area (TPSA) is 123 Å². The summed E-state index contributed by atoms with van der Waals surface area (Å²) in [4.78, 5) is 22.1. The summed E-state index contributed by atoms with van der Waals surface area (Å²) in [5.41, 5.74) is 3.23. The molecule has 0 aliphatic rings. The summed E-state index contributed by atoms with van der Waals surface area (Å²) in [6, 6.07) is 11.2. The summed E-state index contributed by atoms with van der Waals surface area (Å²) in [6.07, 6.45) is -4.62. The number of nitrogens with zero attached hydrogens (tertiary/aromatic N) is 3. The van der Waals surface area contributed by atoms with Crippen molar-refractivity contribution < 1.29 is 45.0 Å². The highest BCUT2D eigenvalue weighted by Gasteiger charge is 2.35. The summed E-state index contributed by atoms with van der Waals surface area (Å²) >= 11 is 0. The number of aryl methyl sites for hydroxylation is 3. The normalized spacial score (nSPS) is 12.1. The van der Waals surface area contributed by atoms with Crippen molar-refractivity contribution in [3.05, 3.63) is 99.8 Å². The van der Waals surface area contributed by atoms with Gasteiger partial charge in [-0.1, -0.05) is 24.3 Å². The van der Waals surface area contributed by atoms with Gasteiger partial charge in [0, 0.05) is 35.6 Å². The number of hydrogen-bond acceptors (Lipinski definition) is 9. The third kappa shape index (κ3) is 8.36. The van der Waals surface area contributed by atoms with Crippen LogP contribution in [0, 0.1) is 26.6 Å². The van der Waals surface area contributed by atoms with Gasteiger partial charge < -0.3 is 14.3 Å². The van der Waals surface area contributed by atoms with E-state index < -0.39 is 56.4 Å². The molecule has 246 valence electrons. The molecule has 14 heteroatoms. The number of ether oxygens (including phenoxy) is 1. The second kappa shape index (κ2) is 14.1. The van der Waals surface area contributed by atoms with Crippen LogP contribution in [0.25, 0.3) is 11.1 Å². The molecule has 0 saturated carbocycles. The number of aromatic nitrogens is 2. The molecule has 4 rings (SSSR count). The fourth-order valence-corrected chi connectivity index (χ4v) is 6.46. The minimum Gasteiger partial charge on any atom is -0.465 e. The highest BCUT2D eigenvalue weighted by atomic mass is 32.2. The number of esters is 1. The van der Waals surface area contributed by atoms with Crippen LogP contribution in [-0.2, 0) is 51.8 Å². The van der Waals surface area contributed by atoms with E-state index in [9.17, 15) is 31.5 Å². The van der Waals surface area contributed by atoms with E-state index in [0.29, 0.717) is 17.9 Å². The lowest BCUT2D eigenvalue weighted by atomic mass is 10.0. The molecular weight excluding hydrogens is 630 g/mol. The first kappa shape index (κ1) is 34.7. The van der Waals surface area contributed by atoms with E-state index in [1.54, 1.807) is 31.2 Å². The van der Waals surface area contributed by atoms with Gasteiger partial charge >= 0.3 is 12.1 Å². The lowest BCUT2D eigenvalue weighted by molar-refractivity contribution is -0.153. The summed E-state index contributed by atoms with van der Waals surface area (Å²) in [7, 11) is -4.35. The maximum atomic E-state index is 15.0. The zero-order valence-corrected chi connectivity index (χ0v) is 26.4. The first-order valence-electron chi connectivity index (χ1n) is 14.2. The minimum atomic E-state index is -4.62. The molecular formula is C32H33F4N3O6S. The highest BCUT2D eigenvalue weighted by Crippen LogP contribution is 2.32. The van der Waals surface area contributed by atoms with E-state index in [1.807, 2.05) is 18.7 Å². The first-order valence-corrected chi connectivity index (χ1v) is 15.9. The van der Waals surface area contributed by atoms with Crippen LogP contribution in [0.1, 0.15) is 52.3 Å². The van der Waals surface area contributed by atoms with Crippen LogP contribution in [0.15, 0.2) is 57.8 Å². The Labute approximate surface area is 263 Å². The fourth-order valence-electron chi connectivity index (χ4n) is 5.07. The number of aliphatic hydroxyl groups excluding tert-OH is 1. The van der Waals surface area contributed by atoms with Crippen LogP contribution in [-0.4, -0.2) is 46.7 Å². The van der Waals surface area contributed by atoms with Crippen molar-refractivity contribution in [2.75, 3.05) is 12.4 Å². The van der Waals surface area contributed by atoms with Gasteiger partial charge in [0.15, 0.2) is 15.6 Å². The molecule has 0 atom stereocenters. The molecule has 0 aliphatic heterocycles. The maximum absolute atomic E-state index is 15.0. The molecule has 0 saturated heterocycles. The SMILES string of the molecule is CCOC(=O)CS(=O)(=O)c1cc(-c2ccc(CN(Cc3ccc(C(F)(F)F)o3)Cc3c(C)nc(C)nc3C)cc2)cc(F)c1CO. The number of benzene rings is 2. The summed E-state index contributed by atoms with van der Waals surface area (Å²) in [5, 5.41) is 9.69. The van der Waals surface area contributed by atoms with Crippen molar-refractivity contribution in [1.29, 1.82) is 0 Å². The molecule has 2 heterocycles. The number of halogens is 4. The van der Waals surface area contributed by atoms with E-state index in [-0.39, 0.29) is 31.0 Å². The molecule has 0 aliphatic carbocycles. The van der Waals surface area contributed by atoms with Gasteiger partial charge in [-0.25, -0.2) is 22.8 Å². The van der Waals surface area contributed by atoms with Crippen LogP contribution in [0.2, 0.25) is 0 Å². The van der Waals surface area contributed by atoms with E-state index >= 15 is 4.39 Å². The molecule has 2 aromatic carbocycles. The zero-order chi connectivity index (χ0) is 33.8. The van der Waals surface area contributed by atoms with Crippen molar-refractivity contribution in [2.24, 2.45) is 0 Å². The Morgan fingerprint density at radius 1 is 0.935 bits per heavy atom. The van der Waals surface area contributed by atoms with Crippen LogP contribution in [0.4, 0.5) is 17.6 Å². The smallest absolute Gasteiger partial charge is 0.449 e. The van der Waals surface area contributed by atoms with E-state index in [0.717, 1.165) is 34.6 Å².